The van der Waals surface area contributed by atoms with Crippen LogP contribution in [-0.2, 0) is 6.42 Å². The number of rotatable bonds is 3. The number of aldehydes is 1. The summed E-state index contributed by atoms with van der Waals surface area (Å²) in [5.74, 6) is 0. The zero-order valence-corrected chi connectivity index (χ0v) is 10.7. The molecule has 0 saturated heterocycles. The minimum Gasteiger partial charge on any atom is -0.354 e. The molecule has 2 aromatic heterocycles. The number of fused-ring (bicyclic) bond motifs is 1. The molecule has 0 aliphatic carbocycles. The van der Waals surface area contributed by atoms with Gasteiger partial charge in [0.05, 0.1) is 5.69 Å². The van der Waals surface area contributed by atoms with Crippen molar-refractivity contribution in [3.8, 4) is 11.3 Å². The minimum atomic E-state index is 0.707. The van der Waals surface area contributed by atoms with Gasteiger partial charge in [-0.1, -0.05) is 13.0 Å². The SMILES string of the molecule is CCc1ccc2[nH]c(-c3cccnc3)c(C=O)c2c1. The highest BCUT2D eigenvalue weighted by molar-refractivity contribution is 6.04. The van der Waals surface area contributed by atoms with E-state index >= 15 is 0 Å². The Bertz CT molecular complexity index is 729. The molecule has 1 aromatic carbocycles. The highest BCUT2D eigenvalue weighted by atomic mass is 16.1. The average Bonchev–Trinajstić information content (AvgIpc) is 2.85. The molecule has 3 aromatic rings. The van der Waals surface area contributed by atoms with E-state index in [1.165, 1.54) is 5.56 Å². The quantitative estimate of drug-likeness (QED) is 0.722. The van der Waals surface area contributed by atoms with E-state index in [9.17, 15) is 4.79 Å². The third kappa shape index (κ3) is 1.93. The third-order valence-electron chi connectivity index (χ3n) is 3.38. The lowest BCUT2D eigenvalue weighted by Gasteiger charge is -1.98. The van der Waals surface area contributed by atoms with Gasteiger partial charge in [-0.15, -0.1) is 0 Å². The molecule has 3 nitrogen and oxygen atoms in total. The number of nitrogens with zero attached hydrogens (tertiary/aromatic N) is 1. The number of pyridine rings is 1. The molecule has 1 N–H and O–H groups in total. The van der Waals surface area contributed by atoms with E-state index in [1.807, 2.05) is 18.2 Å². The second-order valence-corrected chi connectivity index (χ2v) is 4.51. The van der Waals surface area contributed by atoms with Gasteiger partial charge in [-0.05, 0) is 36.2 Å². The molecule has 0 bridgehead atoms. The summed E-state index contributed by atoms with van der Waals surface area (Å²) < 4.78 is 0. The van der Waals surface area contributed by atoms with Crippen LogP contribution in [0, 0.1) is 0 Å². The van der Waals surface area contributed by atoms with Gasteiger partial charge in [-0.2, -0.15) is 0 Å². The van der Waals surface area contributed by atoms with E-state index in [-0.39, 0.29) is 0 Å². The molecule has 0 spiro atoms. The number of benzene rings is 1. The first kappa shape index (κ1) is 11.7. The van der Waals surface area contributed by atoms with Gasteiger partial charge in [0, 0.05) is 34.4 Å². The van der Waals surface area contributed by atoms with Crippen LogP contribution in [0.4, 0.5) is 0 Å². The van der Waals surface area contributed by atoms with Gasteiger partial charge in [0.25, 0.3) is 0 Å². The lowest BCUT2D eigenvalue weighted by Crippen LogP contribution is -1.85. The Balaban J connectivity index is 2.29. The van der Waals surface area contributed by atoms with Crippen molar-refractivity contribution in [3.05, 3.63) is 53.9 Å². The molecule has 3 rings (SSSR count). The number of aromatic nitrogens is 2. The number of carbonyl (C=O) groups excluding carboxylic acids is 1. The van der Waals surface area contributed by atoms with Crippen molar-refractivity contribution in [2.45, 2.75) is 13.3 Å². The normalized spacial score (nSPS) is 10.8. The monoisotopic (exact) mass is 250 g/mol. The number of aryl methyl sites for hydroxylation is 1. The van der Waals surface area contributed by atoms with Crippen molar-refractivity contribution in [3.63, 3.8) is 0 Å². The van der Waals surface area contributed by atoms with Crippen LogP contribution in [0.2, 0.25) is 0 Å². The smallest absolute Gasteiger partial charge is 0.152 e. The second kappa shape index (κ2) is 4.69. The van der Waals surface area contributed by atoms with E-state index < -0.39 is 0 Å². The van der Waals surface area contributed by atoms with Gasteiger partial charge in [0.15, 0.2) is 6.29 Å². The minimum absolute atomic E-state index is 0.707. The number of nitrogens with one attached hydrogen (secondary N) is 1. The molecule has 0 unspecified atom stereocenters. The summed E-state index contributed by atoms with van der Waals surface area (Å²) in [5.41, 5.74) is 4.69. The standard InChI is InChI=1S/C16H14N2O/c1-2-11-5-6-15-13(8-11)14(10-19)16(18-15)12-4-3-7-17-9-12/h3-10,18H,2H2,1H3. The molecule has 0 amide bonds. The summed E-state index contributed by atoms with van der Waals surface area (Å²) in [4.78, 5) is 18.9. The Morgan fingerprint density at radius 2 is 2.21 bits per heavy atom. The lowest BCUT2D eigenvalue weighted by molar-refractivity contribution is 0.112. The number of hydrogen-bond donors (Lipinski definition) is 1. The van der Waals surface area contributed by atoms with Crippen LogP contribution < -0.4 is 0 Å². The van der Waals surface area contributed by atoms with Crippen LogP contribution in [0.5, 0.6) is 0 Å². The summed E-state index contributed by atoms with van der Waals surface area (Å²) in [5, 5.41) is 0.980. The van der Waals surface area contributed by atoms with Gasteiger partial charge in [-0.3, -0.25) is 9.78 Å². The van der Waals surface area contributed by atoms with Gasteiger partial charge < -0.3 is 4.98 Å². The number of carbonyl (C=O) groups is 1. The first-order valence-corrected chi connectivity index (χ1v) is 6.33. The second-order valence-electron chi connectivity index (χ2n) is 4.51. The van der Waals surface area contributed by atoms with Crippen LogP contribution in [0.3, 0.4) is 0 Å². The lowest BCUT2D eigenvalue weighted by atomic mass is 10.1. The maximum absolute atomic E-state index is 11.4. The van der Waals surface area contributed by atoms with Crippen LogP contribution in [0.25, 0.3) is 22.2 Å². The molecule has 0 atom stereocenters. The molecule has 3 heteroatoms. The Morgan fingerprint density at radius 3 is 2.89 bits per heavy atom. The molecule has 0 radical (unpaired) electrons. The number of hydrogen-bond acceptors (Lipinski definition) is 2. The maximum Gasteiger partial charge on any atom is 0.152 e. The van der Waals surface area contributed by atoms with E-state index in [1.54, 1.807) is 12.4 Å². The van der Waals surface area contributed by atoms with Crippen molar-refractivity contribution in [2.24, 2.45) is 0 Å². The highest BCUT2D eigenvalue weighted by Crippen LogP contribution is 2.29. The van der Waals surface area contributed by atoms with Crippen molar-refractivity contribution in [2.75, 3.05) is 0 Å². The van der Waals surface area contributed by atoms with E-state index in [0.717, 1.165) is 34.9 Å². The Morgan fingerprint density at radius 1 is 1.32 bits per heavy atom. The van der Waals surface area contributed by atoms with E-state index in [0.29, 0.717) is 5.56 Å². The Kier molecular flexibility index (Phi) is 2.88. The molecule has 0 fully saturated rings. The fourth-order valence-corrected chi connectivity index (χ4v) is 2.34. The first-order chi connectivity index (χ1) is 9.33. The molecule has 0 aliphatic heterocycles. The van der Waals surface area contributed by atoms with Crippen molar-refractivity contribution in [1.82, 2.24) is 9.97 Å². The Hall–Kier alpha value is -2.42. The fourth-order valence-electron chi connectivity index (χ4n) is 2.34. The van der Waals surface area contributed by atoms with Crippen molar-refractivity contribution >= 4 is 17.2 Å². The first-order valence-electron chi connectivity index (χ1n) is 6.33. The van der Waals surface area contributed by atoms with Crippen LogP contribution in [-0.4, -0.2) is 16.3 Å². The zero-order valence-electron chi connectivity index (χ0n) is 10.7. The molecular formula is C16H14N2O. The zero-order chi connectivity index (χ0) is 13.2. The molecule has 94 valence electrons. The largest absolute Gasteiger partial charge is 0.354 e. The Labute approximate surface area is 111 Å². The van der Waals surface area contributed by atoms with Gasteiger partial charge in [0.1, 0.15) is 0 Å². The molecule has 0 aliphatic rings. The average molecular weight is 250 g/mol. The van der Waals surface area contributed by atoms with E-state index in [4.69, 9.17) is 0 Å². The predicted molar refractivity (Wildman–Crippen MR) is 76.3 cm³/mol. The number of aromatic amines is 1. The van der Waals surface area contributed by atoms with Gasteiger partial charge in [-0.25, -0.2) is 0 Å². The summed E-state index contributed by atoms with van der Waals surface area (Å²) in [6.45, 7) is 2.11. The molecule has 19 heavy (non-hydrogen) atoms. The van der Waals surface area contributed by atoms with E-state index in [2.05, 4.69) is 29.0 Å². The van der Waals surface area contributed by atoms with Crippen LogP contribution in [0.1, 0.15) is 22.8 Å². The van der Waals surface area contributed by atoms with Gasteiger partial charge >= 0.3 is 0 Å². The molecule has 0 saturated carbocycles. The fraction of sp³-hybridized carbons (Fsp3) is 0.125. The molecule has 2 heterocycles. The summed E-state index contributed by atoms with van der Waals surface area (Å²) >= 11 is 0. The topological polar surface area (TPSA) is 45.8 Å². The van der Waals surface area contributed by atoms with Crippen molar-refractivity contribution in [1.29, 1.82) is 0 Å². The maximum atomic E-state index is 11.4. The summed E-state index contributed by atoms with van der Waals surface area (Å²) in [7, 11) is 0. The summed E-state index contributed by atoms with van der Waals surface area (Å²) in [6, 6.07) is 10.0. The third-order valence-corrected chi connectivity index (χ3v) is 3.38. The summed E-state index contributed by atoms with van der Waals surface area (Å²) in [6.07, 6.45) is 5.36. The molecular weight excluding hydrogens is 236 g/mol. The van der Waals surface area contributed by atoms with Gasteiger partial charge in [0.2, 0.25) is 0 Å². The predicted octanol–water partition coefficient (Wildman–Crippen LogP) is 3.60. The van der Waals surface area contributed by atoms with Crippen LogP contribution >= 0.6 is 0 Å². The number of H-pyrrole nitrogens is 1. The van der Waals surface area contributed by atoms with Crippen molar-refractivity contribution < 1.29 is 4.79 Å². The highest BCUT2D eigenvalue weighted by Gasteiger charge is 2.12. The van der Waals surface area contributed by atoms with Crippen LogP contribution in [0.15, 0.2) is 42.7 Å².